The third-order valence-corrected chi connectivity index (χ3v) is 3.00. The number of aryl methyl sites for hydroxylation is 1. The van der Waals surface area contributed by atoms with Crippen molar-refractivity contribution in [1.29, 1.82) is 0 Å². The van der Waals surface area contributed by atoms with E-state index in [1.54, 1.807) is 31.4 Å². The lowest BCUT2D eigenvalue weighted by atomic mass is 10.1. The van der Waals surface area contributed by atoms with Crippen molar-refractivity contribution >= 4 is 22.7 Å². The maximum atomic E-state index is 10.6. The van der Waals surface area contributed by atoms with Crippen molar-refractivity contribution in [2.24, 2.45) is 0 Å². The molecule has 0 aliphatic carbocycles. The molecule has 0 aliphatic rings. The highest BCUT2D eigenvalue weighted by atomic mass is 16.6. The smallest absolute Gasteiger partial charge is 0.269 e. The first-order valence-corrected chi connectivity index (χ1v) is 6.22. The summed E-state index contributed by atoms with van der Waals surface area (Å²) in [6.45, 7) is 1.91. The van der Waals surface area contributed by atoms with E-state index in [9.17, 15) is 10.1 Å². The molecule has 2 aromatic carbocycles. The Labute approximate surface area is 121 Å². The SMILES string of the molecule is COc1cc(NNc2ccc([N+](=O)[O-])cc2)c(C)cc1N. The first kappa shape index (κ1) is 14.4. The average molecular weight is 288 g/mol. The Bertz CT molecular complexity index is 656. The van der Waals surface area contributed by atoms with Gasteiger partial charge in [0.2, 0.25) is 0 Å². The third kappa shape index (κ3) is 3.33. The summed E-state index contributed by atoms with van der Waals surface area (Å²) in [5, 5.41) is 10.6. The number of hydrogen-bond acceptors (Lipinski definition) is 6. The van der Waals surface area contributed by atoms with Crippen LogP contribution >= 0.6 is 0 Å². The van der Waals surface area contributed by atoms with Crippen LogP contribution in [0.3, 0.4) is 0 Å². The number of benzene rings is 2. The number of nitro groups is 1. The molecule has 0 fully saturated rings. The van der Waals surface area contributed by atoms with Gasteiger partial charge in [-0.3, -0.25) is 10.1 Å². The van der Waals surface area contributed by atoms with Gasteiger partial charge in [-0.05, 0) is 30.7 Å². The minimum Gasteiger partial charge on any atom is -0.495 e. The predicted octanol–water partition coefficient (Wildman–Crippen LogP) is 2.93. The van der Waals surface area contributed by atoms with Crippen LogP contribution in [0.15, 0.2) is 36.4 Å². The highest BCUT2D eigenvalue weighted by molar-refractivity contribution is 5.67. The highest BCUT2D eigenvalue weighted by Crippen LogP contribution is 2.28. The molecule has 0 saturated carbocycles. The lowest BCUT2D eigenvalue weighted by molar-refractivity contribution is -0.384. The van der Waals surface area contributed by atoms with Crippen molar-refractivity contribution in [3.8, 4) is 5.75 Å². The Morgan fingerprint density at radius 1 is 1.19 bits per heavy atom. The summed E-state index contributed by atoms with van der Waals surface area (Å²) < 4.78 is 5.17. The van der Waals surface area contributed by atoms with Gasteiger partial charge in [0, 0.05) is 18.2 Å². The Hall–Kier alpha value is -2.96. The topological polar surface area (TPSA) is 102 Å². The minimum absolute atomic E-state index is 0.0471. The zero-order valence-electron chi connectivity index (χ0n) is 11.7. The van der Waals surface area contributed by atoms with Crippen molar-refractivity contribution < 1.29 is 9.66 Å². The number of rotatable bonds is 5. The molecule has 0 heterocycles. The molecule has 0 unspecified atom stereocenters. The number of nitro benzene ring substituents is 1. The molecule has 2 rings (SSSR count). The van der Waals surface area contributed by atoms with Crippen LogP contribution in [-0.2, 0) is 0 Å². The van der Waals surface area contributed by atoms with Gasteiger partial charge in [0.1, 0.15) is 5.75 Å². The summed E-state index contributed by atoms with van der Waals surface area (Å²) in [5.74, 6) is 0.577. The standard InChI is InChI=1S/C14H16N4O3/c1-9-7-12(15)14(21-2)8-13(9)17-16-10-3-5-11(6-4-10)18(19)20/h3-8,16-17H,15H2,1-2H3. The van der Waals surface area contributed by atoms with Gasteiger partial charge in [0.25, 0.3) is 5.69 Å². The molecule has 0 bridgehead atoms. The van der Waals surface area contributed by atoms with E-state index >= 15 is 0 Å². The number of nitrogens with zero attached hydrogens (tertiary/aromatic N) is 1. The van der Waals surface area contributed by atoms with Gasteiger partial charge in [-0.1, -0.05) is 0 Å². The number of anilines is 3. The van der Waals surface area contributed by atoms with E-state index in [1.165, 1.54) is 12.1 Å². The number of non-ortho nitro benzene ring substituents is 1. The van der Waals surface area contributed by atoms with E-state index < -0.39 is 4.92 Å². The number of hydrogen-bond donors (Lipinski definition) is 3. The second-order valence-electron chi connectivity index (χ2n) is 4.46. The molecule has 0 saturated heterocycles. The van der Waals surface area contributed by atoms with Crippen LogP contribution in [0, 0.1) is 17.0 Å². The minimum atomic E-state index is -0.438. The van der Waals surface area contributed by atoms with E-state index in [-0.39, 0.29) is 5.69 Å². The molecular weight excluding hydrogens is 272 g/mol. The van der Waals surface area contributed by atoms with Crippen molar-refractivity contribution in [3.63, 3.8) is 0 Å². The van der Waals surface area contributed by atoms with Gasteiger partial charge in [-0.25, -0.2) is 0 Å². The first-order valence-electron chi connectivity index (χ1n) is 6.22. The molecule has 0 aliphatic heterocycles. The quantitative estimate of drug-likeness (QED) is 0.444. The lowest BCUT2D eigenvalue weighted by Gasteiger charge is -2.14. The molecule has 7 nitrogen and oxygen atoms in total. The van der Waals surface area contributed by atoms with Crippen molar-refractivity contribution in [3.05, 3.63) is 52.1 Å². The molecule has 0 radical (unpaired) electrons. The molecule has 0 atom stereocenters. The van der Waals surface area contributed by atoms with Crippen LogP contribution in [0.1, 0.15) is 5.56 Å². The summed E-state index contributed by atoms with van der Waals surface area (Å²) >= 11 is 0. The molecule has 4 N–H and O–H groups in total. The summed E-state index contributed by atoms with van der Waals surface area (Å²) in [4.78, 5) is 10.1. The van der Waals surface area contributed by atoms with E-state index in [0.29, 0.717) is 17.1 Å². The fourth-order valence-electron chi connectivity index (χ4n) is 1.83. The summed E-state index contributed by atoms with van der Waals surface area (Å²) in [6.07, 6.45) is 0. The zero-order chi connectivity index (χ0) is 15.4. The molecular formula is C14H16N4O3. The van der Waals surface area contributed by atoms with Crippen molar-refractivity contribution in [2.45, 2.75) is 6.92 Å². The second kappa shape index (κ2) is 6.00. The normalized spacial score (nSPS) is 10.0. The predicted molar refractivity (Wildman–Crippen MR) is 82.5 cm³/mol. The van der Waals surface area contributed by atoms with Crippen LogP contribution in [0.25, 0.3) is 0 Å². The number of hydrazine groups is 1. The van der Waals surface area contributed by atoms with Gasteiger partial charge < -0.3 is 21.3 Å². The van der Waals surface area contributed by atoms with Gasteiger partial charge >= 0.3 is 0 Å². The van der Waals surface area contributed by atoms with Crippen molar-refractivity contribution in [1.82, 2.24) is 0 Å². The Morgan fingerprint density at radius 3 is 2.43 bits per heavy atom. The highest BCUT2D eigenvalue weighted by Gasteiger charge is 2.06. The van der Waals surface area contributed by atoms with Gasteiger partial charge in [-0.15, -0.1) is 0 Å². The maximum Gasteiger partial charge on any atom is 0.269 e. The maximum absolute atomic E-state index is 10.6. The first-order chi connectivity index (χ1) is 10.0. The Balaban J connectivity index is 2.10. The van der Waals surface area contributed by atoms with Gasteiger partial charge in [0.05, 0.1) is 29.1 Å². The summed E-state index contributed by atoms with van der Waals surface area (Å²) in [6, 6.07) is 9.69. The summed E-state index contributed by atoms with van der Waals surface area (Å²) in [7, 11) is 1.55. The Kier molecular flexibility index (Phi) is 4.13. The molecule has 0 amide bonds. The molecule has 0 spiro atoms. The van der Waals surface area contributed by atoms with Crippen LogP contribution < -0.4 is 21.3 Å². The molecule has 7 heteroatoms. The molecule has 110 valence electrons. The van der Waals surface area contributed by atoms with Crippen LogP contribution in [-0.4, -0.2) is 12.0 Å². The lowest BCUT2D eigenvalue weighted by Crippen LogP contribution is -2.10. The van der Waals surface area contributed by atoms with Crippen LogP contribution in [0.2, 0.25) is 0 Å². The van der Waals surface area contributed by atoms with E-state index in [4.69, 9.17) is 10.5 Å². The van der Waals surface area contributed by atoms with Gasteiger partial charge in [-0.2, -0.15) is 0 Å². The fraction of sp³-hybridized carbons (Fsp3) is 0.143. The average Bonchev–Trinajstić information content (AvgIpc) is 2.47. The number of nitrogen functional groups attached to an aromatic ring is 1. The largest absolute Gasteiger partial charge is 0.495 e. The van der Waals surface area contributed by atoms with E-state index in [0.717, 1.165) is 11.3 Å². The second-order valence-corrected chi connectivity index (χ2v) is 4.46. The summed E-state index contributed by atoms with van der Waals surface area (Å²) in [5.41, 5.74) is 14.9. The van der Waals surface area contributed by atoms with E-state index in [1.807, 2.05) is 6.92 Å². The Morgan fingerprint density at radius 2 is 1.86 bits per heavy atom. The zero-order valence-corrected chi connectivity index (χ0v) is 11.7. The number of nitrogens with one attached hydrogen (secondary N) is 2. The third-order valence-electron chi connectivity index (χ3n) is 3.00. The monoisotopic (exact) mass is 288 g/mol. The molecule has 2 aromatic rings. The van der Waals surface area contributed by atoms with Crippen LogP contribution in [0.5, 0.6) is 5.75 Å². The number of ether oxygens (including phenoxy) is 1. The van der Waals surface area contributed by atoms with Gasteiger partial charge in [0.15, 0.2) is 0 Å². The number of methoxy groups -OCH3 is 1. The number of nitrogens with two attached hydrogens (primary N) is 1. The van der Waals surface area contributed by atoms with Crippen LogP contribution in [0.4, 0.5) is 22.7 Å². The van der Waals surface area contributed by atoms with Crippen molar-refractivity contribution in [2.75, 3.05) is 23.7 Å². The molecule has 0 aromatic heterocycles. The molecule has 21 heavy (non-hydrogen) atoms. The fourth-order valence-corrected chi connectivity index (χ4v) is 1.83. The van der Waals surface area contributed by atoms with E-state index in [2.05, 4.69) is 10.9 Å².